The molecule has 3 rings (SSSR count). The lowest BCUT2D eigenvalue weighted by atomic mass is 10.0. The summed E-state index contributed by atoms with van der Waals surface area (Å²) in [7, 11) is 1.74. The number of likely N-dealkylation sites (tertiary alicyclic amines) is 1. The van der Waals surface area contributed by atoms with Gasteiger partial charge in [-0.3, -0.25) is 4.79 Å². The maximum atomic E-state index is 12.4. The van der Waals surface area contributed by atoms with E-state index in [1.165, 1.54) is 16.7 Å². The summed E-state index contributed by atoms with van der Waals surface area (Å²) in [5.41, 5.74) is 3.28. The molecule has 6 heteroatoms. The molecule has 0 aliphatic carbocycles. The first-order valence-corrected chi connectivity index (χ1v) is 9.39. The van der Waals surface area contributed by atoms with Crippen LogP contribution in [0, 0.1) is 13.8 Å². The molecule has 1 aromatic carbocycles. The van der Waals surface area contributed by atoms with Crippen LogP contribution in [0.15, 0.2) is 18.2 Å². The highest BCUT2D eigenvalue weighted by atomic mass is 32.2. The minimum Gasteiger partial charge on any atom is -0.439 e. The van der Waals surface area contributed by atoms with Crippen molar-refractivity contribution in [3.8, 4) is 0 Å². The maximum absolute atomic E-state index is 12.4. The molecule has 2 aliphatic rings. The fraction of sp³-hybridized carbons (Fsp3) is 0.556. The zero-order chi connectivity index (χ0) is 17.3. The molecule has 1 aromatic rings. The summed E-state index contributed by atoms with van der Waals surface area (Å²) in [6.45, 7) is 5.95. The Hall–Kier alpha value is -1.69. The van der Waals surface area contributed by atoms with Crippen LogP contribution in [0.2, 0.25) is 0 Å². The van der Waals surface area contributed by atoms with Gasteiger partial charge < -0.3 is 14.5 Å². The number of hydrogen-bond donors (Lipinski definition) is 0. The number of carbonyl (C=O) groups excluding carboxylic acids is 2. The molecule has 5 nitrogen and oxygen atoms in total. The second-order valence-corrected chi connectivity index (χ2v) is 7.95. The van der Waals surface area contributed by atoms with Crippen molar-refractivity contribution in [3.05, 3.63) is 34.9 Å². The number of ether oxygens (including phenoxy) is 1. The van der Waals surface area contributed by atoms with Crippen LogP contribution in [0.5, 0.6) is 0 Å². The van der Waals surface area contributed by atoms with Gasteiger partial charge in [-0.05, 0) is 19.4 Å². The lowest BCUT2D eigenvalue weighted by molar-refractivity contribution is -0.128. The summed E-state index contributed by atoms with van der Waals surface area (Å²) >= 11 is 1.64. The Labute approximate surface area is 147 Å². The minimum atomic E-state index is -0.486. The molecule has 1 atom stereocenters. The molecule has 130 valence electrons. The second kappa shape index (κ2) is 6.67. The van der Waals surface area contributed by atoms with Crippen LogP contribution >= 0.6 is 11.8 Å². The first-order chi connectivity index (χ1) is 11.4. The highest BCUT2D eigenvalue weighted by Crippen LogP contribution is 2.32. The third kappa shape index (κ3) is 3.69. The van der Waals surface area contributed by atoms with Crippen molar-refractivity contribution in [1.29, 1.82) is 0 Å². The molecule has 0 bridgehead atoms. The molecule has 0 radical (unpaired) electrons. The van der Waals surface area contributed by atoms with E-state index in [1.807, 2.05) is 4.90 Å². The average molecular weight is 348 g/mol. The summed E-state index contributed by atoms with van der Waals surface area (Å²) in [5, 5.41) is 0. The largest absolute Gasteiger partial charge is 0.439 e. The monoisotopic (exact) mass is 348 g/mol. The quantitative estimate of drug-likeness (QED) is 0.839. The summed E-state index contributed by atoms with van der Waals surface area (Å²) in [6, 6.07) is 6.50. The highest BCUT2D eigenvalue weighted by molar-refractivity contribution is 7.99. The molecule has 24 heavy (non-hydrogen) atoms. The van der Waals surface area contributed by atoms with Gasteiger partial charge in [0.2, 0.25) is 5.91 Å². The van der Waals surface area contributed by atoms with Crippen LogP contribution in [0.25, 0.3) is 0 Å². The van der Waals surface area contributed by atoms with Gasteiger partial charge in [0, 0.05) is 25.8 Å². The first kappa shape index (κ1) is 17.1. The molecule has 2 amide bonds. The fourth-order valence-electron chi connectivity index (χ4n) is 3.56. The zero-order valence-electron chi connectivity index (χ0n) is 14.5. The van der Waals surface area contributed by atoms with E-state index in [9.17, 15) is 9.59 Å². The number of carbonyl (C=O) groups is 2. The van der Waals surface area contributed by atoms with E-state index in [4.69, 9.17) is 4.74 Å². The van der Waals surface area contributed by atoms with Gasteiger partial charge in [-0.15, -0.1) is 11.8 Å². The summed E-state index contributed by atoms with van der Waals surface area (Å²) in [6.07, 6.45) is 0.449. The molecule has 0 N–H and O–H groups in total. The highest BCUT2D eigenvalue weighted by Gasteiger charge is 2.49. The molecular formula is C18H24N2O3S. The second-order valence-electron chi connectivity index (χ2n) is 6.96. The van der Waals surface area contributed by atoms with E-state index >= 15 is 0 Å². The lowest BCUT2D eigenvalue weighted by Gasteiger charge is -2.21. The number of amides is 2. The van der Waals surface area contributed by atoms with Crippen LogP contribution in [-0.4, -0.2) is 59.8 Å². The molecule has 2 fully saturated rings. The van der Waals surface area contributed by atoms with Crippen LogP contribution in [0.1, 0.15) is 23.1 Å². The van der Waals surface area contributed by atoms with Crippen molar-refractivity contribution in [1.82, 2.24) is 9.80 Å². The molecule has 0 saturated carbocycles. The number of thioether (sulfide) groups is 1. The molecule has 2 heterocycles. The van der Waals surface area contributed by atoms with E-state index < -0.39 is 5.60 Å². The number of rotatable bonds is 4. The maximum Gasteiger partial charge on any atom is 0.410 e. The van der Waals surface area contributed by atoms with Crippen molar-refractivity contribution >= 4 is 23.8 Å². The van der Waals surface area contributed by atoms with Gasteiger partial charge >= 0.3 is 6.09 Å². The van der Waals surface area contributed by atoms with Crippen molar-refractivity contribution < 1.29 is 14.3 Å². The van der Waals surface area contributed by atoms with Gasteiger partial charge in [0.1, 0.15) is 0 Å². The van der Waals surface area contributed by atoms with Crippen molar-refractivity contribution in [2.45, 2.75) is 31.6 Å². The number of aryl methyl sites for hydroxylation is 2. The van der Waals surface area contributed by atoms with Gasteiger partial charge in [0.15, 0.2) is 5.60 Å². The normalized spacial score (nSPS) is 23.2. The van der Waals surface area contributed by atoms with Crippen molar-refractivity contribution in [3.63, 3.8) is 0 Å². The van der Waals surface area contributed by atoms with Gasteiger partial charge in [0.25, 0.3) is 0 Å². The van der Waals surface area contributed by atoms with Crippen LogP contribution in [0.3, 0.4) is 0 Å². The van der Waals surface area contributed by atoms with Crippen LogP contribution in [-0.2, 0) is 15.3 Å². The molecule has 2 saturated heterocycles. The SMILES string of the molecule is Cc1cc(C)cc(CSCC(=O)N2CC[C@]3(CN(C)C(=O)O3)C2)c1. The Morgan fingerprint density at radius 3 is 2.58 bits per heavy atom. The van der Waals surface area contributed by atoms with Gasteiger partial charge in [-0.2, -0.15) is 0 Å². The third-order valence-electron chi connectivity index (χ3n) is 4.59. The standard InChI is InChI=1S/C18H24N2O3S/c1-13-6-14(2)8-15(7-13)9-24-10-16(21)20-5-4-18(12-20)11-19(3)17(22)23-18/h6-8H,4-5,9-12H2,1-3H3/t18-/m0/s1. The fourth-order valence-corrected chi connectivity index (χ4v) is 4.42. The minimum absolute atomic E-state index is 0.131. The Morgan fingerprint density at radius 1 is 1.25 bits per heavy atom. The number of nitrogens with zero attached hydrogens (tertiary/aromatic N) is 2. The zero-order valence-corrected chi connectivity index (χ0v) is 15.3. The average Bonchev–Trinajstić information content (AvgIpc) is 3.01. The molecular weight excluding hydrogens is 324 g/mol. The van der Waals surface area contributed by atoms with Crippen LogP contribution in [0.4, 0.5) is 4.79 Å². The van der Waals surface area contributed by atoms with Crippen LogP contribution < -0.4 is 0 Å². The number of likely N-dealkylation sites (N-methyl/N-ethyl adjacent to an activating group) is 1. The first-order valence-electron chi connectivity index (χ1n) is 8.24. The van der Waals surface area contributed by atoms with Crippen molar-refractivity contribution in [2.75, 3.05) is 32.4 Å². The van der Waals surface area contributed by atoms with E-state index in [0.29, 0.717) is 25.4 Å². The predicted molar refractivity (Wildman–Crippen MR) is 95.1 cm³/mol. The summed E-state index contributed by atoms with van der Waals surface area (Å²) < 4.78 is 5.49. The van der Waals surface area contributed by atoms with E-state index in [1.54, 1.807) is 23.7 Å². The summed E-state index contributed by atoms with van der Waals surface area (Å²) in [4.78, 5) is 27.4. The smallest absolute Gasteiger partial charge is 0.410 e. The van der Waals surface area contributed by atoms with Crippen molar-refractivity contribution in [2.24, 2.45) is 0 Å². The van der Waals surface area contributed by atoms with Gasteiger partial charge in [-0.25, -0.2) is 4.79 Å². The third-order valence-corrected chi connectivity index (χ3v) is 5.57. The van der Waals surface area contributed by atoms with E-state index in [2.05, 4.69) is 32.0 Å². The Morgan fingerprint density at radius 2 is 1.96 bits per heavy atom. The van der Waals surface area contributed by atoms with E-state index in [0.717, 1.165) is 12.2 Å². The Bertz CT molecular complexity index is 643. The van der Waals surface area contributed by atoms with E-state index in [-0.39, 0.29) is 12.0 Å². The Balaban J connectivity index is 1.49. The lowest BCUT2D eigenvalue weighted by Crippen LogP contribution is -2.39. The predicted octanol–water partition coefficient (Wildman–Crippen LogP) is 2.59. The number of benzene rings is 1. The Kier molecular flexibility index (Phi) is 4.76. The molecule has 1 spiro atoms. The molecule has 0 unspecified atom stereocenters. The van der Waals surface area contributed by atoms with Gasteiger partial charge in [-0.1, -0.05) is 29.3 Å². The van der Waals surface area contributed by atoms with Gasteiger partial charge in [0.05, 0.1) is 18.8 Å². The summed E-state index contributed by atoms with van der Waals surface area (Å²) in [5.74, 6) is 1.43. The number of hydrogen-bond acceptors (Lipinski definition) is 4. The molecule has 2 aliphatic heterocycles. The topological polar surface area (TPSA) is 49.9 Å². The molecule has 0 aromatic heterocycles.